The molecule has 0 aliphatic carbocycles. The molecule has 5 aromatic heterocycles. The number of aromatic amines is 1. The Morgan fingerprint density at radius 2 is 1.79 bits per heavy atom. The van der Waals surface area contributed by atoms with Crippen LogP contribution in [0.2, 0.25) is 0 Å². The van der Waals surface area contributed by atoms with E-state index in [4.69, 9.17) is 5.10 Å². The second-order valence-electron chi connectivity index (χ2n) is 10.2. The van der Waals surface area contributed by atoms with E-state index >= 15 is 0 Å². The van der Waals surface area contributed by atoms with Crippen LogP contribution in [0.3, 0.4) is 0 Å². The number of hydrogen-bond donors (Lipinski definition) is 2. The van der Waals surface area contributed by atoms with Gasteiger partial charge in [0.05, 0.1) is 23.8 Å². The monoisotopic (exact) mass is 516 g/mol. The number of nitrogens with zero attached hydrogens (tertiary/aromatic N) is 6. The third-order valence-electron chi connectivity index (χ3n) is 7.66. The third-order valence-corrected chi connectivity index (χ3v) is 7.66. The molecule has 0 bridgehead atoms. The van der Waals surface area contributed by atoms with Crippen molar-refractivity contribution in [2.45, 2.75) is 26.3 Å². The van der Waals surface area contributed by atoms with Gasteiger partial charge in [0.25, 0.3) is 0 Å². The van der Waals surface area contributed by atoms with Gasteiger partial charge in [0.2, 0.25) is 5.56 Å². The van der Waals surface area contributed by atoms with Crippen LogP contribution in [0, 0.1) is 12.8 Å². The van der Waals surface area contributed by atoms with E-state index in [1.807, 2.05) is 41.9 Å². The Hall–Kier alpha value is -4.63. The van der Waals surface area contributed by atoms with Gasteiger partial charge < -0.3 is 10.3 Å². The molecule has 0 amide bonds. The van der Waals surface area contributed by atoms with Crippen LogP contribution in [-0.2, 0) is 6.54 Å². The van der Waals surface area contributed by atoms with Crippen molar-refractivity contribution in [2.75, 3.05) is 13.1 Å². The molecular weight excluding hydrogens is 488 g/mol. The van der Waals surface area contributed by atoms with Gasteiger partial charge in [-0.2, -0.15) is 10.2 Å². The fraction of sp³-hybridized carbons (Fsp3) is 0.233. The first-order valence-corrected chi connectivity index (χ1v) is 13.3. The molecule has 1 saturated heterocycles. The minimum Gasteiger partial charge on any atom is -0.322 e. The first-order valence-electron chi connectivity index (χ1n) is 13.3. The quantitative estimate of drug-likeness (QED) is 0.350. The molecule has 0 atom stereocenters. The molecule has 7 rings (SSSR count). The van der Waals surface area contributed by atoms with E-state index < -0.39 is 0 Å². The van der Waals surface area contributed by atoms with Crippen molar-refractivity contribution in [2.24, 2.45) is 5.92 Å². The molecule has 9 nitrogen and oxygen atoms in total. The highest BCUT2D eigenvalue weighted by molar-refractivity contribution is 5.96. The summed E-state index contributed by atoms with van der Waals surface area (Å²) in [5.74, 6) is 0.653. The zero-order valence-corrected chi connectivity index (χ0v) is 21.6. The number of hydrogen-bond acceptors (Lipinski definition) is 6. The van der Waals surface area contributed by atoms with Crippen molar-refractivity contribution in [1.29, 1.82) is 0 Å². The van der Waals surface area contributed by atoms with E-state index in [-0.39, 0.29) is 5.56 Å². The van der Waals surface area contributed by atoms with Gasteiger partial charge >= 0.3 is 0 Å². The van der Waals surface area contributed by atoms with E-state index in [2.05, 4.69) is 48.4 Å². The molecule has 0 radical (unpaired) electrons. The molecule has 6 aromatic rings. The molecule has 9 heteroatoms. The van der Waals surface area contributed by atoms with Crippen molar-refractivity contribution in [3.05, 3.63) is 89.5 Å². The number of benzene rings is 1. The largest absolute Gasteiger partial charge is 0.322 e. The van der Waals surface area contributed by atoms with Crippen molar-refractivity contribution in [1.82, 2.24) is 39.7 Å². The Labute approximate surface area is 224 Å². The zero-order chi connectivity index (χ0) is 26.3. The Morgan fingerprint density at radius 1 is 0.949 bits per heavy atom. The number of imidazole rings is 1. The minimum atomic E-state index is -0.172. The smallest absolute Gasteiger partial charge is 0.249 e. The Morgan fingerprint density at radius 3 is 2.64 bits per heavy atom. The van der Waals surface area contributed by atoms with E-state index in [9.17, 15) is 4.79 Å². The van der Waals surface area contributed by atoms with Gasteiger partial charge in [-0.15, -0.1) is 0 Å². The lowest BCUT2D eigenvalue weighted by atomic mass is 9.98. The second-order valence-corrected chi connectivity index (χ2v) is 10.2. The summed E-state index contributed by atoms with van der Waals surface area (Å²) >= 11 is 0. The van der Waals surface area contributed by atoms with Crippen LogP contribution < -0.4 is 10.9 Å². The minimum absolute atomic E-state index is 0.172. The van der Waals surface area contributed by atoms with Crippen molar-refractivity contribution in [3.63, 3.8) is 0 Å². The summed E-state index contributed by atoms with van der Waals surface area (Å²) in [7, 11) is 0. The topological polar surface area (TPSA) is 106 Å². The van der Waals surface area contributed by atoms with Gasteiger partial charge in [-0.05, 0) is 74.2 Å². The highest BCUT2D eigenvalue weighted by Gasteiger charge is 2.17. The van der Waals surface area contributed by atoms with Gasteiger partial charge in [0.1, 0.15) is 0 Å². The molecule has 2 N–H and O–H groups in total. The van der Waals surface area contributed by atoms with Gasteiger partial charge in [-0.3, -0.25) is 14.5 Å². The van der Waals surface area contributed by atoms with Crippen LogP contribution in [-0.4, -0.2) is 47.4 Å². The Kier molecular flexibility index (Phi) is 5.78. The van der Waals surface area contributed by atoms with Gasteiger partial charge in [-0.25, -0.2) is 9.50 Å². The second kappa shape index (κ2) is 9.59. The predicted octanol–water partition coefficient (Wildman–Crippen LogP) is 4.47. The summed E-state index contributed by atoms with van der Waals surface area (Å²) in [6, 6.07) is 13.7. The van der Waals surface area contributed by atoms with Crippen molar-refractivity contribution >= 4 is 16.6 Å². The highest BCUT2D eigenvalue weighted by atomic mass is 16.1. The fourth-order valence-corrected chi connectivity index (χ4v) is 5.60. The average molecular weight is 517 g/mol. The van der Waals surface area contributed by atoms with Crippen LogP contribution in [0.15, 0.2) is 78.2 Å². The number of aromatic nitrogens is 7. The number of rotatable bonds is 5. The van der Waals surface area contributed by atoms with Gasteiger partial charge in [-0.1, -0.05) is 12.1 Å². The van der Waals surface area contributed by atoms with Crippen LogP contribution in [0.25, 0.3) is 50.1 Å². The van der Waals surface area contributed by atoms with Crippen molar-refractivity contribution in [3.8, 4) is 33.5 Å². The summed E-state index contributed by atoms with van der Waals surface area (Å²) in [6.07, 6.45) is 11.7. The Bertz CT molecular complexity index is 1860. The maximum absolute atomic E-state index is 12.7. The van der Waals surface area contributed by atoms with Gasteiger partial charge in [0, 0.05) is 58.8 Å². The third kappa shape index (κ3) is 4.40. The van der Waals surface area contributed by atoms with E-state index in [0.29, 0.717) is 5.92 Å². The van der Waals surface area contributed by atoms with Crippen LogP contribution in [0.5, 0.6) is 0 Å². The van der Waals surface area contributed by atoms with Crippen LogP contribution in [0.1, 0.15) is 18.5 Å². The molecule has 1 aliphatic heterocycles. The lowest BCUT2D eigenvalue weighted by Gasteiger charge is -2.22. The number of piperidine rings is 1. The highest BCUT2D eigenvalue weighted by Crippen LogP contribution is 2.31. The molecule has 1 aromatic carbocycles. The maximum Gasteiger partial charge on any atom is 0.249 e. The molecule has 1 aliphatic rings. The lowest BCUT2D eigenvalue weighted by Crippen LogP contribution is -2.29. The molecule has 0 saturated carbocycles. The normalized spacial score (nSPS) is 14.4. The predicted molar refractivity (Wildman–Crippen MR) is 151 cm³/mol. The summed E-state index contributed by atoms with van der Waals surface area (Å²) in [4.78, 5) is 24.5. The molecule has 0 unspecified atom stereocenters. The Balaban J connectivity index is 1.26. The summed E-state index contributed by atoms with van der Waals surface area (Å²) < 4.78 is 3.87. The summed E-state index contributed by atoms with van der Waals surface area (Å²) in [5, 5.41) is 13.9. The van der Waals surface area contributed by atoms with Gasteiger partial charge in [0.15, 0.2) is 5.65 Å². The SMILES string of the molecule is Cc1nn2c(-c3cc(=O)[nH]c4cc(-c5ccncc5)ccc34)cnc2cc1-c1cnn(CC2CCNCC2)c1. The standard InChI is InChI=1S/C30H28N8O/c1-19-25(23-15-34-37(18-23)17-20-4-8-31-9-5-20)13-29-33-16-28(38(29)36-19)26-14-30(39)35-27-12-22(2-3-24(26)27)21-6-10-32-11-7-21/h2-3,6-7,10-16,18,20,31H,4-5,8-9,17H2,1H3,(H,35,39). The molecule has 0 spiro atoms. The summed E-state index contributed by atoms with van der Waals surface area (Å²) in [5.41, 5.74) is 7.83. The summed E-state index contributed by atoms with van der Waals surface area (Å²) in [6.45, 7) is 5.09. The molecule has 6 heterocycles. The number of fused-ring (bicyclic) bond motifs is 2. The zero-order valence-electron chi connectivity index (χ0n) is 21.6. The fourth-order valence-electron chi connectivity index (χ4n) is 5.60. The molecule has 194 valence electrons. The van der Waals surface area contributed by atoms with E-state index in [0.717, 1.165) is 75.4 Å². The number of pyridine rings is 2. The number of nitrogens with one attached hydrogen (secondary N) is 2. The lowest BCUT2D eigenvalue weighted by molar-refractivity contribution is 0.321. The van der Waals surface area contributed by atoms with E-state index in [1.165, 1.54) is 12.8 Å². The van der Waals surface area contributed by atoms with Crippen molar-refractivity contribution < 1.29 is 0 Å². The van der Waals surface area contributed by atoms with Crippen LogP contribution >= 0.6 is 0 Å². The average Bonchev–Trinajstić information content (AvgIpc) is 3.59. The first-order chi connectivity index (χ1) is 19.1. The molecule has 1 fully saturated rings. The molecular formula is C30H28N8O. The molecule has 39 heavy (non-hydrogen) atoms. The number of aryl methyl sites for hydroxylation is 1. The number of H-pyrrole nitrogens is 1. The van der Waals surface area contributed by atoms with E-state index in [1.54, 1.807) is 24.7 Å². The van der Waals surface area contributed by atoms with Crippen LogP contribution in [0.4, 0.5) is 0 Å². The first kappa shape index (κ1) is 23.5. The maximum atomic E-state index is 12.7.